The number of hydrogen-bond acceptors (Lipinski definition) is 3. The molecule has 0 saturated heterocycles. The topological polar surface area (TPSA) is 42.7 Å². The van der Waals surface area contributed by atoms with Crippen molar-refractivity contribution in [1.29, 1.82) is 0 Å². The monoisotopic (exact) mass is 322 g/mol. The number of rotatable bonds is 4. The molecular formula is C14H19BrN4. The van der Waals surface area contributed by atoms with Crippen LogP contribution in [0.25, 0.3) is 5.69 Å². The average Bonchev–Trinajstić information content (AvgIpc) is 2.68. The van der Waals surface area contributed by atoms with Crippen LogP contribution in [-0.4, -0.2) is 21.3 Å². The number of aromatic nitrogens is 3. The second kappa shape index (κ2) is 5.84. The molecule has 1 aromatic heterocycles. The molecule has 0 aliphatic carbocycles. The predicted molar refractivity (Wildman–Crippen MR) is 80.6 cm³/mol. The van der Waals surface area contributed by atoms with E-state index in [9.17, 15) is 0 Å². The quantitative estimate of drug-likeness (QED) is 0.939. The van der Waals surface area contributed by atoms with Gasteiger partial charge in [0.15, 0.2) is 0 Å². The molecule has 1 atom stereocenters. The number of halogens is 1. The summed E-state index contributed by atoms with van der Waals surface area (Å²) >= 11 is 3.63. The lowest BCUT2D eigenvalue weighted by Gasteiger charge is -2.14. The lowest BCUT2D eigenvalue weighted by molar-refractivity contribution is 0.597. The van der Waals surface area contributed by atoms with Crippen LogP contribution in [-0.2, 0) is 0 Å². The molecule has 0 amide bonds. The van der Waals surface area contributed by atoms with Crippen LogP contribution in [0.4, 0.5) is 0 Å². The minimum absolute atomic E-state index is 0.342. The number of nitrogens with one attached hydrogen (secondary N) is 1. The maximum absolute atomic E-state index is 4.41. The van der Waals surface area contributed by atoms with E-state index in [0.717, 1.165) is 28.4 Å². The number of benzene rings is 1. The van der Waals surface area contributed by atoms with Crippen molar-refractivity contribution in [1.82, 2.24) is 20.1 Å². The second-order valence-electron chi connectivity index (χ2n) is 4.61. The van der Waals surface area contributed by atoms with Gasteiger partial charge < -0.3 is 5.32 Å². The molecule has 102 valence electrons. The van der Waals surface area contributed by atoms with E-state index in [1.807, 2.05) is 18.5 Å². The summed E-state index contributed by atoms with van der Waals surface area (Å²) in [5.74, 6) is 1.68. The average molecular weight is 323 g/mol. The zero-order valence-electron chi connectivity index (χ0n) is 11.7. The number of nitrogens with zero attached hydrogens (tertiary/aromatic N) is 3. The van der Waals surface area contributed by atoms with Gasteiger partial charge in [0, 0.05) is 10.5 Å². The molecule has 0 fully saturated rings. The highest BCUT2D eigenvalue weighted by atomic mass is 79.9. The highest BCUT2D eigenvalue weighted by Crippen LogP contribution is 2.25. The summed E-state index contributed by atoms with van der Waals surface area (Å²) < 4.78 is 2.89. The predicted octanol–water partition coefficient (Wildman–Crippen LogP) is 3.32. The maximum atomic E-state index is 4.41. The first kappa shape index (κ1) is 14.2. The Labute approximate surface area is 122 Å². The standard InChI is InChI=1S/C14H19BrN4/c1-5-16-9(2)12-6-7-14(13(15)8-12)19-11(4)17-10(3)18-19/h6-9,16H,5H2,1-4H3. The van der Waals surface area contributed by atoms with E-state index in [4.69, 9.17) is 0 Å². The van der Waals surface area contributed by atoms with Crippen molar-refractivity contribution < 1.29 is 0 Å². The van der Waals surface area contributed by atoms with Crippen LogP contribution >= 0.6 is 15.9 Å². The van der Waals surface area contributed by atoms with E-state index < -0.39 is 0 Å². The molecule has 0 radical (unpaired) electrons. The van der Waals surface area contributed by atoms with Gasteiger partial charge in [-0.1, -0.05) is 13.0 Å². The van der Waals surface area contributed by atoms with Crippen LogP contribution in [0.15, 0.2) is 22.7 Å². The molecular weight excluding hydrogens is 304 g/mol. The van der Waals surface area contributed by atoms with Gasteiger partial charge in [-0.15, -0.1) is 0 Å². The van der Waals surface area contributed by atoms with E-state index in [-0.39, 0.29) is 0 Å². The van der Waals surface area contributed by atoms with Crippen molar-refractivity contribution in [2.75, 3.05) is 6.54 Å². The van der Waals surface area contributed by atoms with Gasteiger partial charge in [-0.05, 0) is 60.9 Å². The van der Waals surface area contributed by atoms with Gasteiger partial charge >= 0.3 is 0 Å². The number of aryl methyl sites for hydroxylation is 2. The van der Waals surface area contributed by atoms with Crippen LogP contribution in [0.2, 0.25) is 0 Å². The van der Waals surface area contributed by atoms with Gasteiger partial charge in [0.25, 0.3) is 0 Å². The zero-order chi connectivity index (χ0) is 14.0. The maximum Gasteiger partial charge on any atom is 0.148 e. The van der Waals surface area contributed by atoms with Gasteiger partial charge in [-0.3, -0.25) is 0 Å². The Morgan fingerprint density at radius 1 is 1.37 bits per heavy atom. The summed E-state index contributed by atoms with van der Waals surface area (Å²) in [4.78, 5) is 4.33. The summed E-state index contributed by atoms with van der Waals surface area (Å²) in [7, 11) is 0. The molecule has 2 aromatic rings. The summed E-state index contributed by atoms with van der Waals surface area (Å²) in [5.41, 5.74) is 2.28. The summed E-state index contributed by atoms with van der Waals surface area (Å²) in [6.07, 6.45) is 0. The Morgan fingerprint density at radius 2 is 2.11 bits per heavy atom. The molecule has 2 rings (SSSR count). The van der Waals surface area contributed by atoms with Crippen molar-refractivity contribution in [2.45, 2.75) is 33.7 Å². The number of hydrogen-bond donors (Lipinski definition) is 1. The Balaban J connectivity index is 2.37. The first-order chi connectivity index (χ1) is 9.02. The van der Waals surface area contributed by atoms with Crippen molar-refractivity contribution >= 4 is 15.9 Å². The van der Waals surface area contributed by atoms with Crippen molar-refractivity contribution in [3.05, 3.63) is 39.9 Å². The summed E-state index contributed by atoms with van der Waals surface area (Å²) in [5, 5.41) is 7.82. The Kier molecular flexibility index (Phi) is 4.37. The Hall–Kier alpha value is -1.20. The summed E-state index contributed by atoms with van der Waals surface area (Å²) in [6.45, 7) is 9.10. The highest BCUT2D eigenvalue weighted by molar-refractivity contribution is 9.10. The molecule has 1 aromatic carbocycles. The smallest absolute Gasteiger partial charge is 0.148 e. The van der Waals surface area contributed by atoms with Crippen molar-refractivity contribution in [3.8, 4) is 5.69 Å². The molecule has 1 heterocycles. The van der Waals surface area contributed by atoms with E-state index in [0.29, 0.717) is 6.04 Å². The molecule has 0 aliphatic heterocycles. The molecule has 0 saturated carbocycles. The zero-order valence-corrected chi connectivity index (χ0v) is 13.3. The summed E-state index contributed by atoms with van der Waals surface area (Å²) in [6, 6.07) is 6.69. The first-order valence-corrected chi connectivity index (χ1v) is 7.25. The second-order valence-corrected chi connectivity index (χ2v) is 5.46. The Morgan fingerprint density at radius 3 is 2.63 bits per heavy atom. The van der Waals surface area contributed by atoms with Crippen LogP contribution in [0.5, 0.6) is 0 Å². The first-order valence-electron chi connectivity index (χ1n) is 6.46. The fourth-order valence-corrected chi connectivity index (χ4v) is 2.70. The third kappa shape index (κ3) is 3.04. The van der Waals surface area contributed by atoms with Crippen LogP contribution in [0.1, 0.15) is 37.1 Å². The van der Waals surface area contributed by atoms with Crippen LogP contribution < -0.4 is 5.32 Å². The fourth-order valence-electron chi connectivity index (χ4n) is 2.14. The largest absolute Gasteiger partial charge is 0.310 e. The molecule has 19 heavy (non-hydrogen) atoms. The lowest BCUT2D eigenvalue weighted by atomic mass is 10.1. The minimum Gasteiger partial charge on any atom is -0.310 e. The third-order valence-corrected chi connectivity index (χ3v) is 3.72. The van der Waals surface area contributed by atoms with Crippen LogP contribution in [0, 0.1) is 13.8 Å². The normalized spacial score (nSPS) is 12.7. The molecule has 0 spiro atoms. The van der Waals surface area contributed by atoms with Crippen molar-refractivity contribution in [2.24, 2.45) is 0 Å². The highest BCUT2D eigenvalue weighted by Gasteiger charge is 2.11. The van der Waals surface area contributed by atoms with E-state index in [1.165, 1.54) is 5.56 Å². The van der Waals surface area contributed by atoms with E-state index >= 15 is 0 Å². The molecule has 1 N–H and O–H groups in total. The Bertz CT molecular complexity index is 577. The molecule has 4 nitrogen and oxygen atoms in total. The molecule has 0 aliphatic rings. The molecule has 5 heteroatoms. The van der Waals surface area contributed by atoms with Crippen LogP contribution in [0.3, 0.4) is 0 Å². The molecule has 0 bridgehead atoms. The van der Waals surface area contributed by atoms with Gasteiger partial charge in [-0.2, -0.15) is 5.10 Å². The minimum atomic E-state index is 0.342. The fraction of sp³-hybridized carbons (Fsp3) is 0.429. The van der Waals surface area contributed by atoms with Gasteiger partial charge in [0.05, 0.1) is 5.69 Å². The van der Waals surface area contributed by atoms with Crippen molar-refractivity contribution in [3.63, 3.8) is 0 Å². The third-order valence-electron chi connectivity index (χ3n) is 3.09. The van der Waals surface area contributed by atoms with E-state index in [1.54, 1.807) is 0 Å². The van der Waals surface area contributed by atoms with Gasteiger partial charge in [-0.25, -0.2) is 9.67 Å². The molecule has 1 unspecified atom stereocenters. The SMILES string of the molecule is CCNC(C)c1ccc(-n2nc(C)nc2C)c(Br)c1. The van der Waals surface area contributed by atoms with Gasteiger partial charge in [0.2, 0.25) is 0 Å². The van der Waals surface area contributed by atoms with Gasteiger partial charge in [0.1, 0.15) is 11.6 Å². The lowest BCUT2D eigenvalue weighted by Crippen LogP contribution is -2.17. The van der Waals surface area contributed by atoms with E-state index in [2.05, 4.69) is 63.4 Å².